The summed E-state index contributed by atoms with van der Waals surface area (Å²) in [7, 11) is 1.41. The van der Waals surface area contributed by atoms with Gasteiger partial charge in [0.2, 0.25) is 0 Å². The van der Waals surface area contributed by atoms with E-state index >= 15 is 0 Å². The maximum atomic E-state index is 13.3. The summed E-state index contributed by atoms with van der Waals surface area (Å²) >= 11 is 0. The number of halogens is 3. The molecule has 2 rings (SSSR count). The lowest BCUT2D eigenvalue weighted by molar-refractivity contribution is 0.147. The number of hydrogen-bond acceptors (Lipinski definition) is 3. The van der Waals surface area contributed by atoms with E-state index in [9.17, 15) is 8.78 Å². The molecule has 108 valence electrons. The average molecular weight is 293 g/mol. The molecule has 1 saturated heterocycles. The van der Waals surface area contributed by atoms with Crippen molar-refractivity contribution in [1.29, 1.82) is 0 Å². The van der Waals surface area contributed by atoms with Crippen LogP contribution < -0.4 is 10.1 Å². The number of nitrogens with zero attached hydrogens (tertiary/aromatic N) is 1. The van der Waals surface area contributed by atoms with E-state index < -0.39 is 12.5 Å². The molecule has 6 heteroatoms. The Hall–Kier alpha value is -0.910. The van der Waals surface area contributed by atoms with E-state index in [-0.39, 0.29) is 24.2 Å². The zero-order chi connectivity index (χ0) is 13.0. The molecule has 3 nitrogen and oxygen atoms in total. The Morgan fingerprint density at radius 1 is 1.37 bits per heavy atom. The van der Waals surface area contributed by atoms with Gasteiger partial charge in [-0.3, -0.25) is 4.90 Å². The van der Waals surface area contributed by atoms with E-state index in [0.29, 0.717) is 0 Å². The Bertz CT molecular complexity index is 400. The first-order valence-electron chi connectivity index (χ1n) is 6.10. The van der Waals surface area contributed by atoms with Gasteiger partial charge in [-0.2, -0.15) is 0 Å². The maximum Gasteiger partial charge on any atom is 0.165 e. The monoisotopic (exact) mass is 292 g/mol. The van der Waals surface area contributed by atoms with E-state index in [4.69, 9.17) is 4.74 Å². The second-order valence-corrected chi connectivity index (χ2v) is 4.35. The first-order valence-corrected chi connectivity index (χ1v) is 6.10. The van der Waals surface area contributed by atoms with Crippen LogP contribution in [0.1, 0.15) is 11.6 Å². The summed E-state index contributed by atoms with van der Waals surface area (Å²) in [6.07, 6.45) is 0. The summed E-state index contributed by atoms with van der Waals surface area (Å²) in [4.78, 5) is 2.07. The van der Waals surface area contributed by atoms with E-state index in [0.717, 1.165) is 31.7 Å². The van der Waals surface area contributed by atoms with Gasteiger partial charge in [0.05, 0.1) is 13.2 Å². The number of alkyl halides is 1. The van der Waals surface area contributed by atoms with Crippen LogP contribution in [0.15, 0.2) is 18.2 Å². The lowest BCUT2D eigenvalue weighted by Crippen LogP contribution is -2.45. The van der Waals surface area contributed by atoms with Crippen molar-refractivity contribution in [2.75, 3.05) is 40.0 Å². The minimum atomic E-state index is -0.477. The minimum absolute atomic E-state index is 0. The van der Waals surface area contributed by atoms with Crippen LogP contribution in [-0.4, -0.2) is 44.9 Å². The first kappa shape index (κ1) is 16.1. The average Bonchev–Trinajstić information content (AvgIpc) is 2.42. The Kier molecular flexibility index (Phi) is 6.48. The van der Waals surface area contributed by atoms with Crippen LogP contribution in [0.5, 0.6) is 5.75 Å². The predicted octanol–water partition coefficient (Wildman–Crippen LogP) is 2.17. The van der Waals surface area contributed by atoms with Crippen LogP contribution in [0.25, 0.3) is 0 Å². The smallest absolute Gasteiger partial charge is 0.165 e. The number of benzene rings is 1. The van der Waals surface area contributed by atoms with Gasteiger partial charge in [0.25, 0.3) is 0 Å². The van der Waals surface area contributed by atoms with Crippen molar-refractivity contribution in [1.82, 2.24) is 10.2 Å². The topological polar surface area (TPSA) is 24.5 Å². The molecular weight excluding hydrogens is 274 g/mol. The van der Waals surface area contributed by atoms with E-state index in [1.807, 2.05) is 0 Å². The molecule has 0 radical (unpaired) electrons. The van der Waals surface area contributed by atoms with Crippen molar-refractivity contribution in [2.45, 2.75) is 6.04 Å². The molecule has 0 saturated carbocycles. The van der Waals surface area contributed by atoms with Crippen molar-refractivity contribution in [3.63, 3.8) is 0 Å². The third-order valence-electron chi connectivity index (χ3n) is 3.30. The fourth-order valence-electron chi connectivity index (χ4n) is 2.27. The second kappa shape index (κ2) is 7.62. The zero-order valence-corrected chi connectivity index (χ0v) is 11.7. The van der Waals surface area contributed by atoms with E-state index in [1.54, 1.807) is 12.1 Å². The highest BCUT2D eigenvalue weighted by molar-refractivity contribution is 5.85. The summed E-state index contributed by atoms with van der Waals surface area (Å²) < 4.78 is 31.5. The number of nitrogens with one attached hydrogen (secondary N) is 1. The fourth-order valence-corrected chi connectivity index (χ4v) is 2.27. The molecule has 1 heterocycles. The van der Waals surface area contributed by atoms with Gasteiger partial charge in [0, 0.05) is 26.2 Å². The lowest BCUT2D eigenvalue weighted by atomic mass is 10.0. The standard InChI is InChI=1S/C13H18F2N2O.ClH/c1-18-13-8-10(2-3-11(13)15)12(9-14)17-6-4-16-5-7-17;/h2-3,8,12,16H,4-7,9H2,1H3;1H/t12-;/m0./s1. The van der Waals surface area contributed by atoms with Gasteiger partial charge in [0.1, 0.15) is 6.67 Å². The number of hydrogen-bond donors (Lipinski definition) is 1. The molecule has 0 amide bonds. The van der Waals surface area contributed by atoms with E-state index in [1.165, 1.54) is 13.2 Å². The van der Waals surface area contributed by atoms with Crippen LogP contribution >= 0.6 is 12.4 Å². The molecule has 1 N–H and O–H groups in total. The fraction of sp³-hybridized carbons (Fsp3) is 0.538. The minimum Gasteiger partial charge on any atom is -0.494 e. The van der Waals surface area contributed by atoms with Gasteiger partial charge >= 0.3 is 0 Å². The van der Waals surface area contributed by atoms with Crippen molar-refractivity contribution in [3.8, 4) is 5.75 Å². The molecule has 1 aliphatic rings. The highest BCUT2D eigenvalue weighted by Crippen LogP contribution is 2.27. The van der Waals surface area contributed by atoms with Gasteiger partial charge in [-0.05, 0) is 17.7 Å². The second-order valence-electron chi connectivity index (χ2n) is 4.35. The third kappa shape index (κ3) is 3.78. The molecular formula is C13H19ClF2N2O. The molecule has 0 spiro atoms. The third-order valence-corrected chi connectivity index (χ3v) is 3.30. The van der Waals surface area contributed by atoms with Crippen molar-refractivity contribution in [2.24, 2.45) is 0 Å². The van der Waals surface area contributed by atoms with Crippen molar-refractivity contribution in [3.05, 3.63) is 29.6 Å². The summed E-state index contributed by atoms with van der Waals surface area (Å²) in [5.41, 5.74) is 0.762. The van der Waals surface area contributed by atoms with Gasteiger partial charge < -0.3 is 10.1 Å². The van der Waals surface area contributed by atoms with Gasteiger partial charge in [-0.1, -0.05) is 6.07 Å². The van der Waals surface area contributed by atoms with Crippen LogP contribution in [0.2, 0.25) is 0 Å². The van der Waals surface area contributed by atoms with Gasteiger partial charge in [-0.15, -0.1) is 12.4 Å². The molecule has 1 fully saturated rings. The van der Waals surface area contributed by atoms with Crippen LogP contribution in [0, 0.1) is 5.82 Å². The molecule has 1 aromatic carbocycles. The van der Waals surface area contributed by atoms with Gasteiger partial charge in [-0.25, -0.2) is 8.78 Å². The first-order chi connectivity index (χ1) is 8.76. The van der Waals surface area contributed by atoms with Crippen molar-refractivity contribution >= 4 is 12.4 Å². The van der Waals surface area contributed by atoms with Gasteiger partial charge in [0.15, 0.2) is 11.6 Å². The molecule has 1 atom stereocenters. The lowest BCUT2D eigenvalue weighted by Gasteiger charge is -2.33. The Morgan fingerprint density at radius 3 is 2.63 bits per heavy atom. The highest BCUT2D eigenvalue weighted by Gasteiger charge is 2.22. The largest absolute Gasteiger partial charge is 0.494 e. The summed E-state index contributed by atoms with van der Waals surface area (Å²) in [5, 5.41) is 3.23. The number of rotatable bonds is 4. The molecule has 19 heavy (non-hydrogen) atoms. The highest BCUT2D eigenvalue weighted by atomic mass is 35.5. The molecule has 0 aromatic heterocycles. The molecule has 1 aromatic rings. The number of methoxy groups -OCH3 is 1. The molecule has 1 aliphatic heterocycles. The molecule has 0 unspecified atom stereocenters. The Balaban J connectivity index is 0.00000180. The Labute approximate surface area is 118 Å². The Morgan fingerprint density at radius 2 is 2.05 bits per heavy atom. The molecule has 0 aliphatic carbocycles. The normalized spacial score (nSPS) is 17.6. The van der Waals surface area contributed by atoms with Crippen LogP contribution in [0.4, 0.5) is 8.78 Å². The SMILES string of the molecule is COc1cc([C@H](CF)N2CCNCC2)ccc1F.Cl. The molecule has 0 bridgehead atoms. The summed E-state index contributed by atoms with van der Waals surface area (Å²) in [5.74, 6) is -0.250. The predicted molar refractivity (Wildman–Crippen MR) is 73.4 cm³/mol. The maximum absolute atomic E-state index is 13.3. The summed E-state index contributed by atoms with van der Waals surface area (Å²) in [6, 6.07) is 4.23. The van der Waals surface area contributed by atoms with E-state index in [2.05, 4.69) is 10.2 Å². The summed E-state index contributed by atoms with van der Waals surface area (Å²) in [6.45, 7) is 2.83. The number of piperazine rings is 1. The van der Waals surface area contributed by atoms with Crippen LogP contribution in [-0.2, 0) is 0 Å². The zero-order valence-electron chi connectivity index (χ0n) is 10.9. The van der Waals surface area contributed by atoms with Crippen LogP contribution in [0.3, 0.4) is 0 Å². The van der Waals surface area contributed by atoms with Crippen molar-refractivity contribution < 1.29 is 13.5 Å². The number of ether oxygens (including phenoxy) is 1. The quantitative estimate of drug-likeness (QED) is 0.920.